The van der Waals surface area contributed by atoms with Gasteiger partial charge in [0, 0.05) is 0 Å². The molecule has 0 aliphatic heterocycles. The van der Waals surface area contributed by atoms with Crippen LogP contribution in [0.1, 0.15) is 5.69 Å². The van der Waals surface area contributed by atoms with E-state index in [9.17, 15) is 13.2 Å². The lowest BCUT2D eigenvalue weighted by Crippen LogP contribution is -2.01. The number of nitrogens with one attached hydrogen (secondary N) is 1. The van der Waals surface area contributed by atoms with Gasteiger partial charge in [-0.2, -0.15) is 23.5 Å². The van der Waals surface area contributed by atoms with Crippen LogP contribution in [0, 0.1) is 11.3 Å². The van der Waals surface area contributed by atoms with E-state index >= 15 is 0 Å². The molecule has 8 heteroatoms. The molecule has 0 unspecified atom stereocenters. The molecule has 0 saturated heterocycles. The van der Waals surface area contributed by atoms with Gasteiger partial charge in [-0.25, -0.2) is 0 Å². The van der Waals surface area contributed by atoms with Crippen LogP contribution in [0.5, 0.6) is 0 Å². The van der Waals surface area contributed by atoms with E-state index in [4.69, 9.17) is 11.0 Å². The normalized spacial score (nSPS) is 11.2. The van der Waals surface area contributed by atoms with Gasteiger partial charge in [-0.1, -0.05) is 0 Å². The van der Waals surface area contributed by atoms with Crippen molar-refractivity contribution >= 4 is 17.6 Å². The smallest absolute Gasteiger partial charge is 0.381 e. The lowest BCUT2D eigenvalue weighted by molar-refractivity contribution is -0.0328. The van der Waals surface area contributed by atoms with E-state index in [0.717, 1.165) is 0 Å². The van der Waals surface area contributed by atoms with Crippen LogP contribution in [0.2, 0.25) is 0 Å². The summed E-state index contributed by atoms with van der Waals surface area (Å²) in [6, 6.07) is 1.52. The molecular weight excluding hydrogens is 205 g/mol. The van der Waals surface area contributed by atoms with Gasteiger partial charge >= 0.3 is 5.51 Å². The van der Waals surface area contributed by atoms with Crippen LogP contribution in [-0.2, 0) is 0 Å². The summed E-state index contributed by atoms with van der Waals surface area (Å²) in [5.74, 6) is -0.320. The number of alkyl halides is 3. The molecule has 0 spiro atoms. The third-order valence-corrected chi connectivity index (χ3v) is 1.93. The average molecular weight is 208 g/mol. The van der Waals surface area contributed by atoms with Crippen molar-refractivity contribution in [1.29, 1.82) is 5.26 Å². The molecular formula is C5H3F3N4S. The maximum absolute atomic E-state index is 11.9. The summed E-state index contributed by atoms with van der Waals surface area (Å²) in [4.78, 5) is -0.380. The number of anilines is 1. The zero-order chi connectivity index (χ0) is 10.1. The van der Waals surface area contributed by atoms with E-state index in [1.807, 2.05) is 0 Å². The predicted molar refractivity (Wildman–Crippen MR) is 39.6 cm³/mol. The van der Waals surface area contributed by atoms with Gasteiger partial charge in [-0.05, 0) is 11.8 Å². The van der Waals surface area contributed by atoms with Gasteiger partial charge in [0.1, 0.15) is 6.07 Å². The highest BCUT2D eigenvalue weighted by Gasteiger charge is 2.32. The number of nitrogen functional groups attached to an aromatic ring is 1. The van der Waals surface area contributed by atoms with Crippen LogP contribution < -0.4 is 5.73 Å². The molecule has 1 aromatic rings. The number of nitrogens with zero attached hydrogens (tertiary/aromatic N) is 2. The lowest BCUT2D eigenvalue weighted by atomic mass is 10.4. The minimum atomic E-state index is -4.47. The van der Waals surface area contributed by atoms with Crippen molar-refractivity contribution in [2.24, 2.45) is 0 Å². The Bertz CT molecular complexity index is 350. The van der Waals surface area contributed by atoms with Crippen molar-refractivity contribution in [2.75, 3.05) is 5.73 Å². The second kappa shape index (κ2) is 3.18. The molecule has 1 aromatic heterocycles. The number of aromatic nitrogens is 2. The Morgan fingerprint density at radius 3 is 2.62 bits per heavy atom. The highest BCUT2D eigenvalue weighted by atomic mass is 32.2. The molecule has 70 valence electrons. The second-order valence-electron chi connectivity index (χ2n) is 1.97. The van der Waals surface area contributed by atoms with Crippen LogP contribution in [0.15, 0.2) is 4.90 Å². The van der Waals surface area contributed by atoms with Crippen molar-refractivity contribution in [3.8, 4) is 6.07 Å². The van der Waals surface area contributed by atoms with Crippen LogP contribution in [0.4, 0.5) is 19.0 Å². The molecule has 1 heterocycles. The molecule has 0 aromatic carbocycles. The molecule has 4 nitrogen and oxygen atoms in total. The van der Waals surface area contributed by atoms with Gasteiger partial charge in [-0.15, -0.1) is 0 Å². The molecule has 0 aliphatic rings. The third-order valence-electron chi connectivity index (χ3n) is 1.08. The minimum absolute atomic E-state index is 0.278. The Balaban J connectivity index is 3.00. The van der Waals surface area contributed by atoms with Crippen molar-refractivity contribution in [3.63, 3.8) is 0 Å². The molecule has 1 rings (SSSR count). The molecule has 0 bridgehead atoms. The number of nitrogens with two attached hydrogens (primary N) is 1. The Labute approximate surface area is 74.9 Å². The van der Waals surface area contributed by atoms with Crippen molar-refractivity contribution < 1.29 is 13.2 Å². The van der Waals surface area contributed by atoms with E-state index in [2.05, 4.69) is 10.2 Å². The van der Waals surface area contributed by atoms with E-state index in [1.54, 1.807) is 0 Å². The largest absolute Gasteiger partial charge is 0.446 e. The first kappa shape index (κ1) is 9.73. The van der Waals surface area contributed by atoms with Crippen molar-refractivity contribution in [3.05, 3.63) is 5.69 Å². The number of H-pyrrole nitrogens is 1. The SMILES string of the molecule is N#Cc1[nH]nc(N)c1SC(F)(F)F. The molecule has 0 radical (unpaired) electrons. The minimum Gasteiger partial charge on any atom is -0.381 e. The first-order valence-corrected chi connectivity index (χ1v) is 3.75. The molecule has 13 heavy (non-hydrogen) atoms. The Morgan fingerprint density at radius 1 is 1.54 bits per heavy atom. The second-order valence-corrected chi connectivity index (χ2v) is 3.05. The standard InChI is InChI=1S/C5H3F3N4S/c6-5(7,8)13-3-2(1-9)11-12-4(3)10/h(H3,10,11,12). The third kappa shape index (κ3) is 2.29. The summed E-state index contributed by atoms with van der Waals surface area (Å²) in [6.07, 6.45) is 0. The van der Waals surface area contributed by atoms with Gasteiger partial charge in [0.05, 0.1) is 4.90 Å². The first-order chi connectivity index (χ1) is 5.94. The van der Waals surface area contributed by atoms with Gasteiger partial charge in [-0.3, -0.25) is 5.10 Å². The highest BCUT2D eigenvalue weighted by molar-refractivity contribution is 8.00. The summed E-state index contributed by atoms with van der Waals surface area (Å²) in [7, 11) is 0. The van der Waals surface area contributed by atoms with E-state index in [-0.39, 0.29) is 16.4 Å². The maximum Gasteiger partial charge on any atom is 0.446 e. The lowest BCUT2D eigenvalue weighted by Gasteiger charge is -2.03. The molecule has 0 amide bonds. The summed E-state index contributed by atoms with van der Waals surface area (Å²) < 4.78 is 35.6. The maximum atomic E-state index is 11.9. The quantitative estimate of drug-likeness (QED) is 0.685. The number of rotatable bonds is 1. The number of thioether (sulfide) groups is 1. The zero-order valence-electron chi connectivity index (χ0n) is 6.01. The molecule has 0 fully saturated rings. The molecule has 3 N–H and O–H groups in total. The monoisotopic (exact) mass is 208 g/mol. The summed E-state index contributed by atoms with van der Waals surface area (Å²) in [6.45, 7) is 0. The number of aromatic amines is 1. The fraction of sp³-hybridized carbons (Fsp3) is 0.200. The highest BCUT2D eigenvalue weighted by Crippen LogP contribution is 2.40. The fourth-order valence-corrected chi connectivity index (χ4v) is 1.22. The number of halogens is 3. The predicted octanol–water partition coefficient (Wildman–Crippen LogP) is 1.48. The van der Waals surface area contributed by atoms with Crippen LogP contribution >= 0.6 is 11.8 Å². The number of nitriles is 1. The van der Waals surface area contributed by atoms with E-state index in [1.165, 1.54) is 6.07 Å². The summed E-state index contributed by atoms with van der Waals surface area (Å²) in [5, 5.41) is 13.7. The van der Waals surface area contributed by atoms with Gasteiger partial charge in [0.15, 0.2) is 11.5 Å². The molecule has 0 atom stereocenters. The Hall–Kier alpha value is -1.36. The summed E-state index contributed by atoms with van der Waals surface area (Å²) in [5.41, 5.74) is 0.363. The number of hydrogen-bond acceptors (Lipinski definition) is 4. The zero-order valence-corrected chi connectivity index (χ0v) is 6.83. The molecule has 0 saturated carbocycles. The molecule has 0 aliphatic carbocycles. The van der Waals surface area contributed by atoms with Gasteiger partial charge in [0.25, 0.3) is 0 Å². The van der Waals surface area contributed by atoms with Crippen LogP contribution in [-0.4, -0.2) is 15.7 Å². The number of hydrogen-bond donors (Lipinski definition) is 2. The van der Waals surface area contributed by atoms with E-state index in [0.29, 0.717) is 0 Å². The van der Waals surface area contributed by atoms with Crippen molar-refractivity contribution in [1.82, 2.24) is 10.2 Å². The first-order valence-electron chi connectivity index (χ1n) is 2.93. The van der Waals surface area contributed by atoms with Gasteiger partial charge < -0.3 is 5.73 Å². The van der Waals surface area contributed by atoms with Gasteiger partial charge in [0.2, 0.25) is 0 Å². The Morgan fingerprint density at radius 2 is 2.15 bits per heavy atom. The van der Waals surface area contributed by atoms with Crippen LogP contribution in [0.3, 0.4) is 0 Å². The average Bonchev–Trinajstić information content (AvgIpc) is 2.30. The fourth-order valence-electron chi connectivity index (χ4n) is 0.641. The topological polar surface area (TPSA) is 78.5 Å². The Kier molecular flexibility index (Phi) is 2.38. The van der Waals surface area contributed by atoms with Crippen LogP contribution in [0.25, 0.3) is 0 Å². The van der Waals surface area contributed by atoms with Crippen molar-refractivity contribution in [2.45, 2.75) is 10.4 Å². The summed E-state index contributed by atoms with van der Waals surface area (Å²) >= 11 is -0.456. The van der Waals surface area contributed by atoms with E-state index < -0.39 is 17.3 Å².